The number of hydrogen-bond acceptors (Lipinski definition) is 6. The third-order valence-electron chi connectivity index (χ3n) is 3.78. The lowest BCUT2D eigenvalue weighted by molar-refractivity contribution is 0.633. The maximum absolute atomic E-state index is 5.48. The summed E-state index contributed by atoms with van der Waals surface area (Å²) in [7, 11) is 0. The van der Waals surface area contributed by atoms with Gasteiger partial charge in [-0.1, -0.05) is 0 Å². The summed E-state index contributed by atoms with van der Waals surface area (Å²) in [6, 6.07) is 1.88. The standard InChI is InChI=1S/C13H21N5S/c1-13(5-2-6-19-13)8-15-10-7-11(18-14)17-12(16-10)9-3-4-9/h7,9H,2-6,8,14H2,1H3,(H2,15,16,17,18). The molecule has 0 aromatic carbocycles. The van der Waals surface area contributed by atoms with Crippen LogP contribution in [0, 0.1) is 0 Å². The lowest BCUT2D eigenvalue weighted by atomic mass is 10.1. The Morgan fingerprint density at radius 2 is 2.21 bits per heavy atom. The molecule has 1 aliphatic heterocycles. The molecule has 2 fully saturated rings. The number of anilines is 2. The minimum atomic E-state index is 0.334. The van der Waals surface area contributed by atoms with Crippen molar-refractivity contribution in [3.63, 3.8) is 0 Å². The zero-order valence-electron chi connectivity index (χ0n) is 11.3. The number of hydrogen-bond donors (Lipinski definition) is 3. The first kappa shape index (κ1) is 13.0. The number of nitrogens with zero attached hydrogens (tertiary/aromatic N) is 2. The fourth-order valence-electron chi connectivity index (χ4n) is 2.41. The molecular weight excluding hydrogens is 258 g/mol. The number of rotatable bonds is 5. The van der Waals surface area contributed by atoms with Crippen molar-refractivity contribution in [2.45, 2.75) is 43.3 Å². The van der Waals surface area contributed by atoms with Crippen LogP contribution in [-0.2, 0) is 0 Å². The maximum atomic E-state index is 5.48. The van der Waals surface area contributed by atoms with Gasteiger partial charge >= 0.3 is 0 Å². The molecule has 1 unspecified atom stereocenters. The van der Waals surface area contributed by atoms with Gasteiger partial charge in [0.2, 0.25) is 0 Å². The smallest absolute Gasteiger partial charge is 0.145 e. The summed E-state index contributed by atoms with van der Waals surface area (Å²) < 4.78 is 0.334. The van der Waals surface area contributed by atoms with E-state index < -0.39 is 0 Å². The van der Waals surface area contributed by atoms with E-state index in [0.29, 0.717) is 16.5 Å². The Labute approximate surface area is 118 Å². The molecule has 0 amide bonds. The molecule has 0 bridgehead atoms. The third-order valence-corrected chi connectivity index (χ3v) is 5.32. The predicted molar refractivity (Wildman–Crippen MR) is 80.4 cm³/mol. The molecule has 6 heteroatoms. The summed E-state index contributed by atoms with van der Waals surface area (Å²) in [6.07, 6.45) is 4.98. The van der Waals surface area contributed by atoms with Gasteiger partial charge in [-0.2, -0.15) is 11.8 Å². The summed E-state index contributed by atoms with van der Waals surface area (Å²) in [4.78, 5) is 9.03. The first-order chi connectivity index (χ1) is 9.18. The molecule has 1 saturated carbocycles. The molecule has 19 heavy (non-hydrogen) atoms. The van der Waals surface area contributed by atoms with Crippen LogP contribution < -0.4 is 16.6 Å². The quantitative estimate of drug-likeness (QED) is 0.567. The number of nitrogens with two attached hydrogens (primary N) is 1. The molecule has 104 valence electrons. The number of hydrazine groups is 1. The van der Waals surface area contributed by atoms with Crippen LogP contribution in [0.3, 0.4) is 0 Å². The molecule has 1 aromatic heterocycles. The highest BCUT2D eigenvalue weighted by molar-refractivity contribution is 8.00. The van der Waals surface area contributed by atoms with Crippen molar-refractivity contribution < 1.29 is 0 Å². The van der Waals surface area contributed by atoms with E-state index in [4.69, 9.17) is 5.84 Å². The SMILES string of the molecule is CC1(CNc2cc(NN)nc(C3CC3)n2)CCCS1. The topological polar surface area (TPSA) is 75.9 Å². The lowest BCUT2D eigenvalue weighted by Crippen LogP contribution is -2.27. The highest BCUT2D eigenvalue weighted by Crippen LogP contribution is 2.39. The van der Waals surface area contributed by atoms with Crippen molar-refractivity contribution >= 4 is 23.4 Å². The van der Waals surface area contributed by atoms with Crippen LogP contribution in [0.2, 0.25) is 0 Å². The van der Waals surface area contributed by atoms with E-state index >= 15 is 0 Å². The van der Waals surface area contributed by atoms with Crippen molar-refractivity contribution in [2.75, 3.05) is 23.0 Å². The number of nitrogen functional groups attached to an aromatic ring is 1. The molecule has 4 N–H and O–H groups in total. The summed E-state index contributed by atoms with van der Waals surface area (Å²) >= 11 is 2.05. The summed E-state index contributed by atoms with van der Waals surface area (Å²) in [5.41, 5.74) is 2.63. The van der Waals surface area contributed by atoms with E-state index in [-0.39, 0.29) is 0 Å². The zero-order valence-corrected chi connectivity index (χ0v) is 12.1. The highest BCUT2D eigenvalue weighted by atomic mass is 32.2. The van der Waals surface area contributed by atoms with Crippen molar-refractivity contribution in [3.8, 4) is 0 Å². The zero-order chi connectivity index (χ0) is 13.3. The minimum absolute atomic E-state index is 0.334. The Balaban J connectivity index is 1.70. The Hall–Kier alpha value is -1.01. The molecule has 2 aliphatic rings. The van der Waals surface area contributed by atoms with Crippen molar-refractivity contribution in [2.24, 2.45) is 5.84 Å². The van der Waals surface area contributed by atoms with Gasteiger partial charge in [-0.3, -0.25) is 0 Å². The lowest BCUT2D eigenvalue weighted by Gasteiger charge is -2.23. The second-order valence-electron chi connectivity index (χ2n) is 5.67. The van der Waals surface area contributed by atoms with Gasteiger partial charge < -0.3 is 10.7 Å². The normalized spacial score (nSPS) is 26.4. The van der Waals surface area contributed by atoms with Gasteiger partial charge in [-0.05, 0) is 38.4 Å². The molecule has 0 radical (unpaired) electrons. The van der Waals surface area contributed by atoms with Crippen molar-refractivity contribution in [1.29, 1.82) is 0 Å². The van der Waals surface area contributed by atoms with Gasteiger partial charge in [0.15, 0.2) is 0 Å². The fourth-order valence-corrected chi connectivity index (χ4v) is 3.65. The molecule has 1 atom stereocenters. The van der Waals surface area contributed by atoms with Gasteiger partial charge in [0.25, 0.3) is 0 Å². The molecule has 5 nitrogen and oxygen atoms in total. The van der Waals surface area contributed by atoms with Gasteiger partial charge in [0.1, 0.15) is 17.5 Å². The third kappa shape index (κ3) is 3.12. The molecule has 3 rings (SSSR count). The highest BCUT2D eigenvalue weighted by Gasteiger charge is 2.30. The monoisotopic (exact) mass is 279 g/mol. The largest absolute Gasteiger partial charge is 0.369 e. The molecule has 1 aromatic rings. The van der Waals surface area contributed by atoms with Gasteiger partial charge in [0.05, 0.1) is 0 Å². The van der Waals surface area contributed by atoms with Crippen LogP contribution in [0.25, 0.3) is 0 Å². The molecule has 1 aliphatic carbocycles. The molecule has 0 spiro atoms. The Kier molecular flexibility index (Phi) is 3.54. The molecular formula is C13H21N5S. The molecule has 2 heterocycles. The van der Waals surface area contributed by atoms with E-state index in [9.17, 15) is 0 Å². The number of thioether (sulfide) groups is 1. The van der Waals surface area contributed by atoms with Gasteiger partial charge in [0, 0.05) is 23.3 Å². The Morgan fingerprint density at radius 3 is 2.84 bits per heavy atom. The van der Waals surface area contributed by atoms with E-state index in [2.05, 4.69) is 39.4 Å². The minimum Gasteiger partial charge on any atom is -0.369 e. The summed E-state index contributed by atoms with van der Waals surface area (Å²) in [5, 5.41) is 3.46. The van der Waals surface area contributed by atoms with Crippen LogP contribution in [-0.4, -0.2) is 27.0 Å². The number of aromatic nitrogens is 2. The molecule has 1 saturated heterocycles. The van der Waals surface area contributed by atoms with E-state index in [1.807, 2.05) is 6.07 Å². The summed E-state index contributed by atoms with van der Waals surface area (Å²) in [5.74, 6) is 9.79. The summed E-state index contributed by atoms with van der Waals surface area (Å²) in [6.45, 7) is 3.27. The van der Waals surface area contributed by atoms with E-state index in [1.165, 1.54) is 31.4 Å². The van der Waals surface area contributed by atoms with E-state index in [0.717, 1.165) is 18.2 Å². The van der Waals surface area contributed by atoms with Gasteiger partial charge in [-0.15, -0.1) is 0 Å². The van der Waals surface area contributed by atoms with Crippen LogP contribution >= 0.6 is 11.8 Å². The van der Waals surface area contributed by atoms with Gasteiger partial charge in [-0.25, -0.2) is 15.8 Å². The van der Waals surface area contributed by atoms with Crippen molar-refractivity contribution in [3.05, 3.63) is 11.9 Å². The average Bonchev–Trinajstić information content (AvgIpc) is 3.19. The Morgan fingerprint density at radius 1 is 1.42 bits per heavy atom. The van der Waals surface area contributed by atoms with Crippen LogP contribution in [0.5, 0.6) is 0 Å². The average molecular weight is 279 g/mol. The van der Waals surface area contributed by atoms with Crippen LogP contribution in [0.4, 0.5) is 11.6 Å². The van der Waals surface area contributed by atoms with Crippen LogP contribution in [0.15, 0.2) is 6.07 Å². The Bertz CT molecular complexity index is 454. The second-order valence-corrected chi connectivity index (χ2v) is 7.35. The van der Waals surface area contributed by atoms with E-state index in [1.54, 1.807) is 0 Å². The van der Waals surface area contributed by atoms with Crippen molar-refractivity contribution in [1.82, 2.24) is 9.97 Å². The maximum Gasteiger partial charge on any atom is 0.145 e. The predicted octanol–water partition coefficient (Wildman–Crippen LogP) is 2.34. The second kappa shape index (κ2) is 5.17. The van der Waals surface area contributed by atoms with Crippen LogP contribution in [0.1, 0.15) is 44.3 Å². The fraction of sp³-hybridized carbons (Fsp3) is 0.692. The number of nitrogens with one attached hydrogen (secondary N) is 2. The first-order valence-electron chi connectivity index (χ1n) is 6.92. The first-order valence-corrected chi connectivity index (χ1v) is 7.90.